The zero-order chi connectivity index (χ0) is 10.8. The summed E-state index contributed by atoms with van der Waals surface area (Å²) in [6.45, 7) is 0. The Morgan fingerprint density at radius 1 is 1.27 bits per heavy atom. The van der Waals surface area contributed by atoms with Crippen molar-refractivity contribution in [3.63, 3.8) is 0 Å². The van der Waals surface area contributed by atoms with Crippen LogP contribution >= 0.6 is 11.3 Å². The molecule has 0 aliphatic rings. The summed E-state index contributed by atoms with van der Waals surface area (Å²) < 4.78 is 5.21. The van der Waals surface area contributed by atoms with Crippen LogP contribution in [0.25, 0.3) is 10.6 Å². The van der Waals surface area contributed by atoms with Crippen molar-refractivity contribution in [1.29, 1.82) is 0 Å². The van der Waals surface area contributed by atoms with Gasteiger partial charge in [-0.1, -0.05) is 11.3 Å². The lowest BCUT2D eigenvalue weighted by Gasteiger charge is -2.05. The van der Waals surface area contributed by atoms with Gasteiger partial charge in [0.2, 0.25) is 5.13 Å². The minimum Gasteiger partial charge on any atom is -0.496 e. The van der Waals surface area contributed by atoms with Gasteiger partial charge in [0, 0.05) is 5.69 Å². The number of benzene rings is 1. The molecule has 15 heavy (non-hydrogen) atoms. The summed E-state index contributed by atoms with van der Waals surface area (Å²) in [4.78, 5) is 0. The van der Waals surface area contributed by atoms with Crippen molar-refractivity contribution in [1.82, 2.24) is 10.2 Å². The van der Waals surface area contributed by atoms with E-state index in [-0.39, 0.29) is 0 Å². The third kappa shape index (κ3) is 1.84. The fraction of sp³-hybridized carbons (Fsp3) is 0.111. The van der Waals surface area contributed by atoms with Gasteiger partial charge in [-0.2, -0.15) is 0 Å². The van der Waals surface area contributed by atoms with E-state index in [1.54, 1.807) is 25.3 Å². The van der Waals surface area contributed by atoms with E-state index in [2.05, 4.69) is 10.2 Å². The fourth-order valence-corrected chi connectivity index (χ4v) is 1.87. The van der Waals surface area contributed by atoms with Crippen molar-refractivity contribution in [2.45, 2.75) is 0 Å². The number of hydrogen-bond acceptors (Lipinski definition) is 6. The maximum atomic E-state index is 5.70. The van der Waals surface area contributed by atoms with Crippen molar-refractivity contribution in [2.24, 2.45) is 0 Å². The highest BCUT2D eigenvalue weighted by molar-refractivity contribution is 7.18. The van der Waals surface area contributed by atoms with Crippen LogP contribution in [0.1, 0.15) is 0 Å². The van der Waals surface area contributed by atoms with E-state index in [1.807, 2.05) is 0 Å². The lowest BCUT2D eigenvalue weighted by molar-refractivity contribution is 0.416. The van der Waals surface area contributed by atoms with E-state index in [1.165, 1.54) is 11.3 Å². The predicted octanol–water partition coefficient (Wildman–Crippen LogP) is 1.38. The number of ether oxygens (including phenoxy) is 1. The highest BCUT2D eigenvalue weighted by Gasteiger charge is 2.10. The lowest BCUT2D eigenvalue weighted by Crippen LogP contribution is -1.91. The number of nitrogens with two attached hydrogens (primary N) is 2. The molecular formula is C9H10N4OS. The Morgan fingerprint density at radius 2 is 2.07 bits per heavy atom. The van der Waals surface area contributed by atoms with E-state index in [9.17, 15) is 0 Å². The smallest absolute Gasteiger partial charge is 0.203 e. The first-order chi connectivity index (χ1) is 7.20. The van der Waals surface area contributed by atoms with Crippen molar-refractivity contribution in [2.75, 3.05) is 18.6 Å². The third-order valence-corrected chi connectivity index (χ3v) is 2.68. The Morgan fingerprint density at radius 3 is 2.67 bits per heavy atom. The Labute approximate surface area is 90.7 Å². The molecule has 0 radical (unpaired) electrons. The first kappa shape index (κ1) is 9.72. The molecule has 1 aromatic heterocycles. The molecule has 5 nitrogen and oxygen atoms in total. The fourth-order valence-electron chi connectivity index (χ4n) is 1.24. The van der Waals surface area contributed by atoms with Gasteiger partial charge in [-0.3, -0.25) is 0 Å². The SMILES string of the molecule is COc1ccc(N)cc1-c1nnc(N)s1. The predicted molar refractivity (Wildman–Crippen MR) is 60.7 cm³/mol. The van der Waals surface area contributed by atoms with Crippen molar-refractivity contribution in [3.8, 4) is 16.3 Å². The van der Waals surface area contributed by atoms with Gasteiger partial charge in [0.1, 0.15) is 5.75 Å². The minimum absolute atomic E-state index is 0.425. The molecule has 0 aliphatic heterocycles. The molecule has 0 amide bonds. The zero-order valence-corrected chi connectivity index (χ0v) is 8.91. The maximum Gasteiger partial charge on any atom is 0.203 e. The molecular weight excluding hydrogens is 212 g/mol. The number of anilines is 2. The Balaban J connectivity index is 2.55. The normalized spacial score (nSPS) is 10.2. The second-order valence-corrected chi connectivity index (χ2v) is 3.91. The highest BCUT2D eigenvalue weighted by Crippen LogP contribution is 2.33. The molecule has 1 aromatic carbocycles. The van der Waals surface area contributed by atoms with Crippen molar-refractivity contribution >= 4 is 22.2 Å². The Kier molecular flexibility index (Phi) is 2.42. The van der Waals surface area contributed by atoms with Gasteiger partial charge in [-0.05, 0) is 18.2 Å². The van der Waals surface area contributed by atoms with Crippen LogP contribution in [0.3, 0.4) is 0 Å². The van der Waals surface area contributed by atoms with Crippen LogP contribution in [0, 0.1) is 0 Å². The number of aromatic nitrogens is 2. The van der Waals surface area contributed by atoms with Crippen molar-refractivity contribution in [3.05, 3.63) is 18.2 Å². The van der Waals surface area contributed by atoms with E-state index in [4.69, 9.17) is 16.2 Å². The summed E-state index contributed by atoms with van der Waals surface area (Å²) >= 11 is 1.30. The summed E-state index contributed by atoms with van der Waals surface area (Å²) in [5, 5.41) is 8.82. The molecule has 2 rings (SSSR count). The van der Waals surface area contributed by atoms with Gasteiger partial charge in [0.15, 0.2) is 5.01 Å². The molecule has 0 saturated carbocycles. The molecule has 78 valence electrons. The molecule has 4 N–H and O–H groups in total. The second kappa shape index (κ2) is 3.74. The van der Waals surface area contributed by atoms with Crippen LogP contribution in [0.4, 0.5) is 10.8 Å². The number of hydrogen-bond donors (Lipinski definition) is 2. The molecule has 0 aliphatic carbocycles. The van der Waals surface area contributed by atoms with Crippen LogP contribution < -0.4 is 16.2 Å². The molecule has 0 saturated heterocycles. The van der Waals surface area contributed by atoms with E-state index < -0.39 is 0 Å². The summed E-state index contributed by atoms with van der Waals surface area (Å²) in [7, 11) is 1.60. The van der Waals surface area contributed by atoms with E-state index >= 15 is 0 Å². The van der Waals surface area contributed by atoms with E-state index in [0.717, 1.165) is 5.56 Å². The summed E-state index contributed by atoms with van der Waals surface area (Å²) in [6, 6.07) is 5.35. The monoisotopic (exact) mass is 222 g/mol. The number of methoxy groups -OCH3 is 1. The molecule has 0 spiro atoms. The van der Waals surface area contributed by atoms with Crippen LogP contribution in [0.5, 0.6) is 5.75 Å². The van der Waals surface area contributed by atoms with Gasteiger partial charge in [-0.25, -0.2) is 0 Å². The minimum atomic E-state index is 0.425. The molecule has 6 heteroatoms. The van der Waals surface area contributed by atoms with Crippen LogP contribution in [-0.4, -0.2) is 17.3 Å². The topological polar surface area (TPSA) is 87.0 Å². The first-order valence-corrected chi connectivity index (χ1v) is 5.05. The summed E-state index contributed by atoms with van der Waals surface area (Å²) in [6.07, 6.45) is 0. The number of rotatable bonds is 2. The van der Waals surface area contributed by atoms with Crippen LogP contribution in [0.2, 0.25) is 0 Å². The molecule has 0 bridgehead atoms. The zero-order valence-electron chi connectivity index (χ0n) is 8.10. The van der Waals surface area contributed by atoms with Crippen LogP contribution in [0.15, 0.2) is 18.2 Å². The largest absolute Gasteiger partial charge is 0.496 e. The average Bonchev–Trinajstić information content (AvgIpc) is 2.65. The lowest BCUT2D eigenvalue weighted by atomic mass is 10.2. The number of nitrogen functional groups attached to an aromatic ring is 2. The molecule has 1 heterocycles. The van der Waals surface area contributed by atoms with Gasteiger partial charge < -0.3 is 16.2 Å². The van der Waals surface area contributed by atoms with Crippen LogP contribution in [-0.2, 0) is 0 Å². The first-order valence-electron chi connectivity index (χ1n) is 4.23. The second-order valence-electron chi connectivity index (χ2n) is 2.91. The highest BCUT2D eigenvalue weighted by atomic mass is 32.1. The molecule has 0 unspecified atom stereocenters. The molecule has 2 aromatic rings. The Hall–Kier alpha value is -1.82. The molecule has 0 fully saturated rings. The summed E-state index contributed by atoms with van der Waals surface area (Å²) in [5.41, 5.74) is 12.7. The quantitative estimate of drug-likeness (QED) is 0.749. The van der Waals surface area contributed by atoms with Gasteiger partial charge in [-0.15, -0.1) is 10.2 Å². The van der Waals surface area contributed by atoms with Gasteiger partial charge in [0.25, 0.3) is 0 Å². The number of nitrogens with zero attached hydrogens (tertiary/aromatic N) is 2. The summed E-state index contributed by atoms with van der Waals surface area (Å²) in [5.74, 6) is 0.709. The van der Waals surface area contributed by atoms with Gasteiger partial charge in [0.05, 0.1) is 12.7 Å². The third-order valence-electron chi connectivity index (χ3n) is 1.89. The average molecular weight is 222 g/mol. The molecule has 0 atom stereocenters. The Bertz CT molecular complexity index is 483. The van der Waals surface area contributed by atoms with Crippen molar-refractivity contribution < 1.29 is 4.74 Å². The van der Waals surface area contributed by atoms with Gasteiger partial charge >= 0.3 is 0 Å². The van der Waals surface area contributed by atoms with E-state index in [0.29, 0.717) is 21.6 Å². The standard InChI is InChI=1S/C9H10N4OS/c1-14-7-3-2-5(10)4-6(7)8-12-13-9(11)15-8/h2-4H,10H2,1H3,(H2,11,13). The maximum absolute atomic E-state index is 5.70.